The van der Waals surface area contributed by atoms with Gasteiger partial charge in [-0.3, -0.25) is 14.5 Å². The summed E-state index contributed by atoms with van der Waals surface area (Å²) in [7, 11) is 0. The van der Waals surface area contributed by atoms with Crippen molar-refractivity contribution in [3.05, 3.63) is 36.4 Å². The number of hydrogen-bond donors (Lipinski definition) is 2. The number of amides is 1. The molecule has 0 unspecified atom stereocenters. The van der Waals surface area contributed by atoms with Gasteiger partial charge in [0.05, 0.1) is 23.8 Å². The molecule has 0 saturated heterocycles. The average molecular weight is 231 g/mol. The Balaban J connectivity index is 1.95. The quantitative estimate of drug-likeness (QED) is 0.818. The Labute approximate surface area is 98.5 Å². The number of anilines is 2. The lowest BCUT2D eigenvalue weighted by Crippen LogP contribution is -2.19. The highest BCUT2D eigenvalue weighted by molar-refractivity contribution is 5.90. The number of nitrogen functional groups attached to an aromatic ring is 1. The minimum atomic E-state index is -0.168. The van der Waals surface area contributed by atoms with Crippen LogP contribution >= 0.6 is 0 Å². The van der Waals surface area contributed by atoms with Crippen LogP contribution in [0.5, 0.6) is 0 Å². The number of nitrogens with two attached hydrogens (primary N) is 1. The minimum Gasteiger partial charge on any atom is -0.396 e. The molecule has 6 nitrogen and oxygen atoms in total. The maximum absolute atomic E-state index is 11.6. The van der Waals surface area contributed by atoms with Gasteiger partial charge < -0.3 is 11.1 Å². The molecule has 0 aliphatic heterocycles. The SMILES string of the molecule is Cc1ccc(NC(=O)Cn2cc(N)cn2)cn1. The Morgan fingerprint density at radius 2 is 2.29 bits per heavy atom. The molecule has 0 radical (unpaired) electrons. The highest BCUT2D eigenvalue weighted by Crippen LogP contribution is 2.05. The molecule has 0 aliphatic rings. The van der Waals surface area contributed by atoms with Gasteiger partial charge in [-0.15, -0.1) is 0 Å². The van der Waals surface area contributed by atoms with Crippen LogP contribution in [0.3, 0.4) is 0 Å². The lowest BCUT2D eigenvalue weighted by atomic mass is 10.3. The molecular formula is C11H13N5O. The fraction of sp³-hybridized carbons (Fsp3) is 0.182. The molecule has 0 saturated carbocycles. The number of rotatable bonds is 3. The Morgan fingerprint density at radius 1 is 1.47 bits per heavy atom. The second kappa shape index (κ2) is 4.65. The molecule has 0 fully saturated rings. The molecule has 1 amide bonds. The summed E-state index contributed by atoms with van der Waals surface area (Å²) in [6, 6.07) is 3.64. The molecule has 0 aromatic carbocycles. The van der Waals surface area contributed by atoms with E-state index in [1.54, 1.807) is 18.5 Å². The van der Waals surface area contributed by atoms with Crippen molar-refractivity contribution in [1.82, 2.24) is 14.8 Å². The lowest BCUT2D eigenvalue weighted by molar-refractivity contribution is -0.116. The molecule has 88 valence electrons. The molecule has 2 heterocycles. The minimum absolute atomic E-state index is 0.130. The topological polar surface area (TPSA) is 85.8 Å². The van der Waals surface area contributed by atoms with E-state index in [2.05, 4.69) is 15.4 Å². The molecule has 0 bridgehead atoms. The number of carbonyl (C=O) groups excluding carboxylic acids is 1. The third-order valence-corrected chi connectivity index (χ3v) is 2.15. The van der Waals surface area contributed by atoms with E-state index >= 15 is 0 Å². The summed E-state index contributed by atoms with van der Waals surface area (Å²) in [5.74, 6) is -0.168. The van der Waals surface area contributed by atoms with Crippen molar-refractivity contribution in [2.45, 2.75) is 13.5 Å². The molecule has 3 N–H and O–H groups in total. The van der Waals surface area contributed by atoms with Gasteiger partial charge >= 0.3 is 0 Å². The van der Waals surface area contributed by atoms with Crippen LogP contribution in [0.15, 0.2) is 30.7 Å². The van der Waals surface area contributed by atoms with E-state index in [-0.39, 0.29) is 12.5 Å². The largest absolute Gasteiger partial charge is 0.396 e. The molecule has 2 aromatic rings. The van der Waals surface area contributed by atoms with Crippen molar-refractivity contribution in [2.75, 3.05) is 11.1 Å². The van der Waals surface area contributed by atoms with Gasteiger partial charge in [-0.25, -0.2) is 0 Å². The number of nitrogens with one attached hydrogen (secondary N) is 1. The van der Waals surface area contributed by atoms with Crippen molar-refractivity contribution < 1.29 is 4.79 Å². The van der Waals surface area contributed by atoms with Gasteiger partial charge in [-0.05, 0) is 19.1 Å². The fourth-order valence-corrected chi connectivity index (χ4v) is 1.36. The first-order valence-corrected chi connectivity index (χ1v) is 5.14. The Hall–Kier alpha value is -2.37. The third kappa shape index (κ3) is 3.04. The highest BCUT2D eigenvalue weighted by Gasteiger charge is 2.04. The average Bonchev–Trinajstić information content (AvgIpc) is 2.67. The molecule has 6 heteroatoms. The molecule has 17 heavy (non-hydrogen) atoms. The first-order chi connectivity index (χ1) is 8.13. The number of carbonyl (C=O) groups is 1. The number of hydrogen-bond acceptors (Lipinski definition) is 4. The standard InChI is InChI=1S/C11H13N5O/c1-8-2-3-10(5-13-8)15-11(17)7-16-6-9(12)4-14-16/h2-6H,7,12H2,1H3,(H,15,17). The maximum atomic E-state index is 11.6. The van der Waals surface area contributed by atoms with E-state index in [9.17, 15) is 4.79 Å². The molecule has 0 spiro atoms. The normalized spacial score (nSPS) is 10.2. The first kappa shape index (κ1) is 11.1. The smallest absolute Gasteiger partial charge is 0.246 e. The first-order valence-electron chi connectivity index (χ1n) is 5.14. The van der Waals surface area contributed by atoms with Gasteiger partial charge in [-0.1, -0.05) is 0 Å². The third-order valence-electron chi connectivity index (χ3n) is 2.15. The van der Waals surface area contributed by atoms with Crippen LogP contribution in [0.2, 0.25) is 0 Å². The van der Waals surface area contributed by atoms with Crippen LogP contribution in [-0.4, -0.2) is 20.7 Å². The van der Waals surface area contributed by atoms with Gasteiger partial charge in [0.15, 0.2) is 0 Å². The van der Waals surface area contributed by atoms with Crippen LogP contribution in [0, 0.1) is 6.92 Å². The Kier molecular flexibility index (Phi) is 3.04. The van der Waals surface area contributed by atoms with Crippen LogP contribution in [0.4, 0.5) is 11.4 Å². The van der Waals surface area contributed by atoms with E-state index in [1.165, 1.54) is 10.9 Å². The van der Waals surface area contributed by atoms with Crippen molar-refractivity contribution >= 4 is 17.3 Å². The van der Waals surface area contributed by atoms with Crippen LogP contribution in [0.1, 0.15) is 5.69 Å². The molecular weight excluding hydrogens is 218 g/mol. The Bertz CT molecular complexity index is 517. The zero-order chi connectivity index (χ0) is 12.3. The number of nitrogens with zero attached hydrogens (tertiary/aromatic N) is 3. The van der Waals surface area contributed by atoms with Gasteiger partial charge in [0.25, 0.3) is 0 Å². The monoisotopic (exact) mass is 231 g/mol. The van der Waals surface area contributed by atoms with E-state index < -0.39 is 0 Å². The van der Waals surface area contributed by atoms with Gasteiger partial charge in [0.2, 0.25) is 5.91 Å². The van der Waals surface area contributed by atoms with Crippen LogP contribution in [0.25, 0.3) is 0 Å². The van der Waals surface area contributed by atoms with E-state index in [0.29, 0.717) is 11.4 Å². The molecule has 0 aliphatic carbocycles. The second-order valence-corrected chi connectivity index (χ2v) is 3.71. The van der Waals surface area contributed by atoms with Crippen molar-refractivity contribution in [3.8, 4) is 0 Å². The highest BCUT2D eigenvalue weighted by atomic mass is 16.2. The molecule has 2 aromatic heterocycles. The summed E-state index contributed by atoms with van der Waals surface area (Å²) >= 11 is 0. The second-order valence-electron chi connectivity index (χ2n) is 3.71. The number of aromatic nitrogens is 3. The predicted octanol–water partition coefficient (Wildman–Crippen LogP) is 0.807. The number of pyridine rings is 1. The van der Waals surface area contributed by atoms with Crippen LogP contribution in [-0.2, 0) is 11.3 Å². The molecule has 2 rings (SSSR count). The van der Waals surface area contributed by atoms with Crippen LogP contribution < -0.4 is 11.1 Å². The fourth-order valence-electron chi connectivity index (χ4n) is 1.36. The summed E-state index contributed by atoms with van der Waals surface area (Å²) in [6.45, 7) is 2.02. The number of aryl methyl sites for hydroxylation is 1. The van der Waals surface area contributed by atoms with Gasteiger partial charge in [0.1, 0.15) is 6.54 Å². The van der Waals surface area contributed by atoms with E-state index in [1.807, 2.05) is 13.0 Å². The van der Waals surface area contributed by atoms with Crippen molar-refractivity contribution in [2.24, 2.45) is 0 Å². The van der Waals surface area contributed by atoms with E-state index in [4.69, 9.17) is 5.73 Å². The van der Waals surface area contributed by atoms with Gasteiger partial charge in [-0.2, -0.15) is 5.10 Å². The zero-order valence-corrected chi connectivity index (χ0v) is 9.42. The molecule has 0 atom stereocenters. The predicted molar refractivity (Wildman–Crippen MR) is 64.2 cm³/mol. The summed E-state index contributed by atoms with van der Waals surface area (Å²) in [4.78, 5) is 15.7. The summed E-state index contributed by atoms with van der Waals surface area (Å²) in [6.07, 6.45) is 4.72. The lowest BCUT2D eigenvalue weighted by Gasteiger charge is -2.04. The van der Waals surface area contributed by atoms with Crippen molar-refractivity contribution in [3.63, 3.8) is 0 Å². The summed E-state index contributed by atoms with van der Waals surface area (Å²) in [5.41, 5.74) is 7.61. The Morgan fingerprint density at radius 3 is 2.88 bits per heavy atom. The van der Waals surface area contributed by atoms with Crippen molar-refractivity contribution in [1.29, 1.82) is 0 Å². The van der Waals surface area contributed by atoms with Gasteiger partial charge in [0, 0.05) is 11.9 Å². The maximum Gasteiger partial charge on any atom is 0.246 e. The summed E-state index contributed by atoms with van der Waals surface area (Å²) in [5, 5.41) is 6.65. The zero-order valence-electron chi connectivity index (χ0n) is 9.42. The summed E-state index contributed by atoms with van der Waals surface area (Å²) < 4.78 is 1.48. The van der Waals surface area contributed by atoms with E-state index in [0.717, 1.165) is 5.69 Å².